The minimum Gasteiger partial charge on any atom is -0.481 e. The predicted octanol–water partition coefficient (Wildman–Crippen LogP) is 2.46. The van der Waals surface area contributed by atoms with E-state index < -0.39 is 23.4 Å². The summed E-state index contributed by atoms with van der Waals surface area (Å²) in [7, 11) is 0. The number of carbonyl (C=O) groups excluding carboxylic acids is 1. The van der Waals surface area contributed by atoms with E-state index in [0.29, 0.717) is 30.8 Å². The molecule has 5 nitrogen and oxygen atoms in total. The highest BCUT2D eigenvalue weighted by Gasteiger charge is 2.79. The molecule has 1 spiro atoms. The van der Waals surface area contributed by atoms with Crippen LogP contribution >= 0.6 is 0 Å². The van der Waals surface area contributed by atoms with E-state index in [0.717, 1.165) is 25.7 Å². The maximum absolute atomic E-state index is 12.7. The molecule has 5 rings (SSSR count). The molecule has 1 aliphatic heterocycles. The average Bonchev–Trinajstić information content (AvgIpc) is 2.97. The van der Waals surface area contributed by atoms with Gasteiger partial charge in [0.25, 0.3) is 0 Å². The summed E-state index contributed by atoms with van der Waals surface area (Å²) in [5.41, 5.74) is -1.54. The number of carboxylic acids is 1. The van der Waals surface area contributed by atoms with Crippen molar-refractivity contribution in [1.82, 2.24) is 0 Å². The number of rotatable bonds is 1. The monoisotopic (exact) mass is 348 g/mol. The summed E-state index contributed by atoms with van der Waals surface area (Å²) in [6.07, 6.45) is 4.73. The summed E-state index contributed by atoms with van der Waals surface area (Å²) in [6, 6.07) is 0. The Hall–Kier alpha value is -1.10. The van der Waals surface area contributed by atoms with Crippen LogP contribution in [0.15, 0.2) is 0 Å². The Bertz CT molecular complexity index is 656. The lowest BCUT2D eigenvalue weighted by molar-refractivity contribution is -0.220. The Labute approximate surface area is 148 Å². The molecule has 0 aromatic heterocycles. The van der Waals surface area contributed by atoms with Crippen molar-refractivity contribution in [2.45, 2.75) is 58.5 Å². The van der Waals surface area contributed by atoms with Crippen LogP contribution in [0.1, 0.15) is 52.4 Å². The minimum atomic E-state index is -1.08. The van der Waals surface area contributed by atoms with Crippen molar-refractivity contribution in [2.24, 2.45) is 45.8 Å². The maximum atomic E-state index is 12.7. The quantitative estimate of drug-likeness (QED) is 0.711. The smallest absolute Gasteiger partial charge is 0.314 e. The molecule has 138 valence electrons. The molecule has 5 heteroatoms. The third-order valence-corrected chi connectivity index (χ3v) is 9.33. The molecular weight excluding hydrogens is 320 g/mol. The standard InChI is InChI=1S/C20H28O5/c1-10-7-20-8-11(10)3-4-12(20)19-6-5-13(21)18(2,17(24)25-9-19)15(19)14(20)16(22)23/h10-15,21H,3-9H2,1-2H3,(H,22,23)/t10?,11-,12?,13+,14-,15-,18+,19+,20+/m1/s1. The number of carbonyl (C=O) groups is 2. The molecule has 4 saturated carbocycles. The Kier molecular flexibility index (Phi) is 2.96. The summed E-state index contributed by atoms with van der Waals surface area (Å²) in [6.45, 7) is 4.40. The highest BCUT2D eigenvalue weighted by Crippen LogP contribution is 2.78. The third kappa shape index (κ3) is 1.57. The van der Waals surface area contributed by atoms with Crippen LogP contribution in [-0.2, 0) is 14.3 Å². The molecule has 0 aromatic carbocycles. The highest BCUT2D eigenvalue weighted by molar-refractivity contribution is 5.82. The number of aliphatic hydroxyl groups is 1. The first-order valence-corrected chi connectivity index (χ1v) is 9.85. The van der Waals surface area contributed by atoms with Crippen LogP contribution in [0.5, 0.6) is 0 Å². The number of fused-ring (bicyclic) bond motifs is 1. The van der Waals surface area contributed by atoms with E-state index in [-0.39, 0.29) is 22.7 Å². The lowest BCUT2D eigenvalue weighted by Gasteiger charge is -2.57. The van der Waals surface area contributed by atoms with Crippen LogP contribution in [0.4, 0.5) is 0 Å². The van der Waals surface area contributed by atoms with Gasteiger partial charge in [0.05, 0.1) is 24.0 Å². The van der Waals surface area contributed by atoms with Crippen molar-refractivity contribution in [3.05, 3.63) is 0 Å². The molecule has 5 aliphatic rings. The van der Waals surface area contributed by atoms with Crippen molar-refractivity contribution < 1.29 is 24.5 Å². The van der Waals surface area contributed by atoms with Crippen LogP contribution in [0.2, 0.25) is 0 Å². The Morgan fingerprint density at radius 3 is 2.68 bits per heavy atom. The number of aliphatic carboxylic acids is 1. The van der Waals surface area contributed by atoms with Crippen LogP contribution in [0.25, 0.3) is 0 Å². The largest absolute Gasteiger partial charge is 0.481 e. The van der Waals surface area contributed by atoms with Gasteiger partial charge in [-0.3, -0.25) is 9.59 Å². The summed E-state index contributed by atoms with van der Waals surface area (Å²) in [5, 5.41) is 21.0. The normalized spacial score (nSPS) is 59.1. The number of cyclic esters (lactones) is 1. The second-order valence-electron chi connectivity index (χ2n) is 9.95. The first-order valence-electron chi connectivity index (χ1n) is 9.85. The number of aliphatic hydroxyl groups excluding tert-OH is 1. The van der Waals surface area contributed by atoms with Gasteiger partial charge in [0, 0.05) is 11.3 Å². The zero-order chi connectivity index (χ0) is 17.8. The van der Waals surface area contributed by atoms with Gasteiger partial charge in [-0.15, -0.1) is 0 Å². The minimum absolute atomic E-state index is 0.210. The van der Waals surface area contributed by atoms with Gasteiger partial charge in [-0.25, -0.2) is 0 Å². The highest BCUT2D eigenvalue weighted by atomic mass is 16.5. The van der Waals surface area contributed by atoms with Gasteiger partial charge in [0.15, 0.2) is 0 Å². The van der Waals surface area contributed by atoms with Gasteiger partial charge in [0.1, 0.15) is 0 Å². The van der Waals surface area contributed by atoms with E-state index in [4.69, 9.17) is 4.74 Å². The van der Waals surface area contributed by atoms with Gasteiger partial charge in [-0.2, -0.15) is 0 Å². The van der Waals surface area contributed by atoms with Crippen LogP contribution < -0.4 is 0 Å². The molecule has 4 bridgehead atoms. The van der Waals surface area contributed by atoms with Gasteiger partial charge in [0.2, 0.25) is 0 Å². The van der Waals surface area contributed by atoms with Gasteiger partial charge in [-0.05, 0) is 68.6 Å². The molecule has 5 fully saturated rings. The molecule has 0 amide bonds. The first-order chi connectivity index (χ1) is 11.8. The average molecular weight is 348 g/mol. The molecule has 4 aliphatic carbocycles. The predicted molar refractivity (Wildman–Crippen MR) is 88.4 cm³/mol. The fourth-order valence-electron chi connectivity index (χ4n) is 8.54. The van der Waals surface area contributed by atoms with E-state index >= 15 is 0 Å². The molecule has 9 atom stereocenters. The van der Waals surface area contributed by atoms with Gasteiger partial charge >= 0.3 is 11.9 Å². The number of ether oxygens (including phenoxy) is 1. The first kappa shape index (κ1) is 16.1. The van der Waals surface area contributed by atoms with Crippen molar-refractivity contribution in [3.63, 3.8) is 0 Å². The Morgan fingerprint density at radius 1 is 1.20 bits per heavy atom. The number of hydrogen-bond acceptors (Lipinski definition) is 4. The van der Waals surface area contributed by atoms with E-state index in [1.165, 1.54) is 6.42 Å². The van der Waals surface area contributed by atoms with Crippen LogP contribution in [-0.4, -0.2) is 34.9 Å². The number of esters is 1. The van der Waals surface area contributed by atoms with E-state index in [1.54, 1.807) is 6.92 Å². The number of carboxylic acid groups (broad SMARTS) is 1. The molecular formula is C20H28O5. The van der Waals surface area contributed by atoms with E-state index in [1.807, 2.05) is 0 Å². The second-order valence-corrected chi connectivity index (χ2v) is 9.95. The van der Waals surface area contributed by atoms with Crippen molar-refractivity contribution in [1.29, 1.82) is 0 Å². The second kappa shape index (κ2) is 4.59. The molecule has 2 unspecified atom stereocenters. The van der Waals surface area contributed by atoms with E-state index in [9.17, 15) is 19.8 Å². The fraction of sp³-hybridized carbons (Fsp3) is 0.900. The lowest BCUT2D eigenvalue weighted by Crippen LogP contribution is -2.63. The SMILES string of the molecule is CC1C[C@]23C[C@H]1CCC2[C@]12CC[C@H](O)[C@](C)(C(=O)OC1)[C@H]2[C@@H]3C(=O)O. The van der Waals surface area contributed by atoms with Gasteiger partial charge in [-0.1, -0.05) is 6.92 Å². The number of hydrogen-bond donors (Lipinski definition) is 2. The Balaban J connectivity index is 1.75. The topological polar surface area (TPSA) is 83.8 Å². The van der Waals surface area contributed by atoms with Crippen LogP contribution in [0.3, 0.4) is 0 Å². The van der Waals surface area contributed by atoms with E-state index in [2.05, 4.69) is 6.92 Å². The molecule has 25 heavy (non-hydrogen) atoms. The summed E-state index contributed by atoms with van der Waals surface area (Å²) >= 11 is 0. The molecule has 0 radical (unpaired) electrons. The van der Waals surface area contributed by atoms with Gasteiger partial charge < -0.3 is 14.9 Å². The Morgan fingerprint density at radius 2 is 1.96 bits per heavy atom. The van der Waals surface area contributed by atoms with Crippen molar-refractivity contribution in [3.8, 4) is 0 Å². The van der Waals surface area contributed by atoms with Crippen LogP contribution in [0, 0.1) is 45.8 Å². The summed E-state index contributed by atoms with van der Waals surface area (Å²) in [4.78, 5) is 25.3. The summed E-state index contributed by atoms with van der Waals surface area (Å²) < 4.78 is 5.64. The molecule has 1 saturated heterocycles. The zero-order valence-electron chi connectivity index (χ0n) is 15.0. The van der Waals surface area contributed by atoms with Crippen molar-refractivity contribution in [2.75, 3.05) is 6.61 Å². The molecule has 0 aromatic rings. The fourth-order valence-corrected chi connectivity index (χ4v) is 8.54. The maximum Gasteiger partial charge on any atom is 0.314 e. The summed E-state index contributed by atoms with van der Waals surface area (Å²) in [5.74, 6) is -0.492. The van der Waals surface area contributed by atoms with Crippen molar-refractivity contribution >= 4 is 11.9 Å². The molecule has 1 heterocycles. The lowest BCUT2D eigenvalue weighted by atomic mass is 9.50. The molecule has 2 N–H and O–H groups in total. The third-order valence-electron chi connectivity index (χ3n) is 9.33. The zero-order valence-corrected chi connectivity index (χ0v) is 15.0.